The van der Waals surface area contributed by atoms with E-state index < -0.39 is 41.2 Å². The zero-order chi connectivity index (χ0) is 106. The van der Waals surface area contributed by atoms with Crippen molar-refractivity contribution in [2.24, 2.45) is 0 Å². The minimum atomic E-state index is -1.29. The van der Waals surface area contributed by atoms with Crippen LogP contribution in [0, 0.1) is 37.1 Å². The third-order valence-electron chi connectivity index (χ3n) is 20.4. The minimum absolute atomic E-state index is 0. The fraction of sp³-hybridized carbons (Fsp3) is 0.955. The molecule has 0 saturated heterocycles. The van der Waals surface area contributed by atoms with E-state index in [2.05, 4.69) is 481 Å². The van der Waals surface area contributed by atoms with Crippen molar-refractivity contribution < 1.29 is 83.9 Å². The summed E-state index contributed by atoms with van der Waals surface area (Å²) in [5.41, 5.74) is 1.03. The van der Waals surface area contributed by atoms with E-state index in [1.54, 1.807) is 0 Å². The first kappa shape index (κ1) is 191. The Morgan fingerprint density at radius 3 is 0.504 bits per heavy atom. The van der Waals surface area contributed by atoms with Crippen LogP contribution in [0.15, 0.2) is 0 Å². The van der Waals surface area contributed by atoms with Gasteiger partial charge in [0, 0.05) is 83.6 Å². The SMILES string of the molecule is CC(C)NC(C)CC(C)NC(C)C.CC(CC(C)NC(C)(C)C)NC(C)(C)C.CCCNC(C)CC(C)NCCC.CCN(CC)CC(C)(C)[N-][Si](C)(C)C.CCN(CC)CC(C)(C)[N-][Si](C)(C)C.CCN(CC)CC(C)(C)[N-][Si](C)(C)C.CCN(CC)CC(C)(C)[N-][Si](C)(C)C.CCN(CC)CC(C)(C)[N-][Si](C)(C)C.CCNC(C)CC(C)NCC.CNC(C)CC(C)NC.[CH3-].[CH3-].[CH3-].[CH3-].[CH3-].[Co+3].[Co+3].[Co+3].[Co+3].[Co+3]. The van der Waals surface area contributed by atoms with Crippen molar-refractivity contribution in [1.82, 2.24) is 77.7 Å². The maximum absolute atomic E-state index is 4.97. The van der Waals surface area contributed by atoms with Gasteiger partial charge < -0.3 is 140 Å². The summed E-state index contributed by atoms with van der Waals surface area (Å²) in [5, 5.41) is 34.4. The van der Waals surface area contributed by atoms with Crippen LogP contribution in [0.3, 0.4) is 0 Å². The largest absolute Gasteiger partial charge is 3.00 e. The molecule has 0 aliphatic carbocycles. The van der Waals surface area contributed by atoms with Crippen molar-refractivity contribution >= 4 is 41.2 Å². The van der Waals surface area contributed by atoms with Crippen LogP contribution >= 0.6 is 0 Å². The van der Waals surface area contributed by atoms with E-state index in [-0.39, 0.29) is 160 Å². The monoisotopic (exact) mass is 2320 g/mol. The number of likely N-dealkylation sites (N-methyl/N-ethyl adjacent to an activating group) is 5. The van der Waals surface area contributed by atoms with Crippen LogP contribution in [-0.2, 0) is 83.9 Å². The van der Waals surface area contributed by atoms with E-state index in [4.69, 9.17) is 24.9 Å². The van der Waals surface area contributed by atoms with Crippen LogP contribution in [0.1, 0.15) is 350 Å². The van der Waals surface area contributed by atoms with Gasteiger partial charge in [0.1, 0.15) is 0 Å². The number of rotatable bonds is 58. The molecule has 0 fully saturated rings. The van der Waals surface area contributed by atoms with E-state index in [9.17, 15) is 0 Å². The van der Waals surface area contributed by atoms with Crippen molar-refractivity contribution in [3.63, 3.8) is 0 Å². The Bertz CT molecular complexity index is 2160. The molecule has 876 valence electrons. The number of nitrogens with one attached hydrogen (secondary N) is 10. The fourth-order valence-corrected chi connectivity index (χ4v) is 26.7. The van der Waals surface area contributed by atoms with Crippen LogP contribution in [0.25, 0.3) is 24.9 Å². The average Bonchev–Trinajstić information content (AvgIpc) is 0.886. The first-order valence-electron chi connectivity index (χ1n) is 53.7. The number of hydrogen-bond donors (Lipinski definition) is 10. The summed E-state index contributed by atoms with van der Waals surface area (Å²) in [6.07, 6.45) is 8.42. The third-order valence-corrected chi connectivity index (χ3v) is 26.8. The van der Waals surface area contributed by atoms with Gasteiger partial charge in [0.05, 0.1) is 0 Å². The van der Waals surface area contributed by atoms with Gasteiger partial charge in [0.15, 0.2) is 0 Å². The van der Waals surface area contributed by atoms with E-state index in [1.165, 1.54) is 38.5 Å². The summed E-state index contributed by atoms with van der Waals surface area (Å²) in [4.78, 5) is 37.1. The second-order valence-electron chi connectivity index (χ2n) is 49.0. The quantitative estimate of drug-likeness (QED) is 0.0203. The molecule has 0 saturated carbocycles. The molecule has 0 spiro atoms. The molecule has 0 bridgehead atoms. The van der Waals surface area contributed by atoms with Gasteiger partial charge in [-0.25, -0.2) is 0 Å². The molecule has 20 nitrogen and oxygen atoms in total. The van der Waals surface area contributed by atoms with E-state index in [1.807, 2.05) is 14.1 Å². The first-order chi connectivity index (χ1) is 59.0. The Labute approximate surface area is 954 Å². The van der Waals surface area contributed by atoms with Gasteiger partial charge in [-0.3, -0.25) is 0 Å². The zero-order valence-electron chi connectivity index (χ0n) is 108. The Morgan fingerprint density at radius 2 is 0.376 bits per heavy atom. The topological polar surface area (TPSA) is 207 Å². The smallest absolute Gasteiger partial charge is 0.659 e. The Morgan fingerprint density at radius 1 is 0.227 bits per heavy atom. The molecule has 0 amide bonds. The minimum Gasteiger partial charge on any atom is -0.659 e. The predicted molar refractivity (Wildman–Crippen MR) is 657 cm³/mol. The summed E-state index contributed by atoms with van der Waals surface area (Å²) < 4.78 is 0. The summed E-state index contributed by atoms with van der Waals surface area (Å²) >= 11 is 0. The zero-order valence-corrected chi connectivity index (χ0v) is 119. The molecule has 0 rings (SSSR count). The average molecular weight is 2320 g/mol. The molecule has 10 unspecified atom stereocenters. The van der Waals surface area contributed by atoms with Crippen LogP contribution in [-0.4, -0.2) is 315 Å². The Hall–Kier alpha value is 2.82. The molecule has 0 aromatic heterocycles. The molecule has 10 atom stereocenters. The van der Waals surface area contributed by atoms with Crippen molar-refractivity contribution in [2.45, 2.75) is 559 Å². The molecule has 30 heteroatoms. The molecular formula is C111H272Co5N20Si5+5. The molecule has 0 aromatic carbocycles. The van der Waals surface area contributed by atoms with Crippen LogP contribution in [0.4, 0.5) is 0 Å². The maximum Gasteiger partial charge on any atom is 3.00 e. The van der Waals surface area contributed by atoms with Crippen molar-refractivity contribution in [1.29, 1.82) is 0 Å². The van der Waals surface area contributed by atoms with Gasteiger partial charge in [0.25, 0.3) is 0 Å². The molecule has 0 aliphatic heterocycles. The second-order valence-corrected chi connectivity index (χ2v) is 71.8. The molecule has 0 radical (unpaired) electrons. The third kappa shape index (κ3) is 158. The van der Waals surface area contributed by atoms with E-state index >= 15 is 0 Å². The van der Waals surface area contributed by atoms with Crippen molar-refractivity contribution in [3.8, 4) is 0 Å². The van der Waals surface area contributed by atoms with Gasteiger partial charge in [0.2, 0.25) is 0 Å². The van der Waals surface area contributed by atoms with Gasteiger partial charge in [-0.15, -0.1) is 27.7 Å². The number of nitrogens with zero attached hydrogens (tertiary/aromatic N) is 10. The fourth-order valence-electron chi connectivity index (χ4n) is 17.3. The van der Waals surface area contributed by atoms with E-state index in [0.717, 1.165) is 131 Å². The number of hydrogen-bond acceptors (Lipinski definition) is 15. The van der Waals surface area contributed by atoms with Gasteiger partial charge >= 0.3 is 83.9 Å². The Kier molecular flexibility index (Phi) is 140. The van der Waals surface area contributed by atoms with Crippen LogP contribution in [0.2, 0.25) is 98.2 Å². The summed E-state index contributed by atoms with van der Waals surface area (Å²) in [6.45, 7) is 153. The van der Waals surface area contributed by atoms with Gasteiger partial charge in [-0.05, 0) is 294 Å². The van der Waals surface area contributed by atoms with Gasteiger partial charge in [-0.2, -0.15) is 0 Å². The standard InChI is InChI=1S/C13H30N2.5C11H27N2Si.2C11H26N2.C9H22N2.C7H18N2.5CH3.5Co/c1-10(14-12(3,4)5)9-11(2)15-13(6,7)8;5*1-8-13(9-2)10-11(3,4)12-14(5,6)7;1-8(2)12-10(5)7-11(6)13-9(3)4;1-5-7-12-10(3)9-11(4)13-8-6-2;1-5-10-8(3)7-9(4)11-6-2;1-6(8-3)5-7(2)9-4;;;;;;;;;;/h10-11,14-15H,9H2,1-8H3;5*8-10H2,1-7H3;8-13H,7H2,1-6H3;10-13H,5-9H2,1-4H3;8-11H,5-7H2,1-4H3;6-9H,5H2,1-4H3;5*1H3;;;;;/q;5*-1;;;;;5*-1;5*+3. The summed E-state index contributed by atoms with van der Waals surface area (Å²) in [5.74, 6) is 0. The molecule has 0 heterocycles. The maximum atomic E-state index is 4.97. The normalized spacial score (nSPS) is 14.0. The molecule has 10 N–H and O–H groups in total. The van der Waals surface area contributed by atoms with Crippen molar-refractivity contribution in [3.05, 3.63) is 62.0 Å². The van der Waals surface area contributed by atoms with E-state index in [0.29, 0.717) is 72.5 Å². The molecule has 0 aliphatic rings. The van der Waals surface area contributed by atoms with Gasteiger partial charge in [-0.1, -0.05) is 333 Å². The van der Waals surface area contributed by atoms with Crippen LogP contribution in [0.5, 0.6) is 0 Å². The van der Waals surface area contributed by atoms with Crippen molar-refractivity contribution in [2.75, 3.05) is 138 Å². The Balaban J connectivity index is -0.0000000637. The summed E-state index contributed by atoms with van der Waals surface area (Å²) in [7, 11) is -2.45. The second kappa shape index (κ2) is 103. The molecular weight excluding hydrogens is 2050 g/mol. The van der Waals surface area contributed by atoms with Crippen LogP contribution < -0.4 is 53.2 Å². The molecule has 0 aromatic rings. The summed E-state index contributed by atoms with van der Waals surface area (Å²) in [6, 6.07) is 7.25. The molecule has 141 heavy (non-hydrogen) atoms. The first-order valence-corrected chi connectivity index (χ1v) is 70.9. The predicted octanol–water partition coefficient (Wildman–Crippen LogP) is 28.0.